The molecule has 0 heterocycles. The third-order valence-electron chi connectivity index (χ3n) is 5.23. The fourth-order valence-corrected chi connectivity index (χ4v) is 4.85. The van der Waals surface area contributed by atoms with E-state index in [0.717, 1.165) is 24.8 Å². The second-order valence-corrected chi connectivity index (χ2v) is 9.25. The molecule has 0 atom stereocenters. The highest BCUT2D eigenvalue weighted by molar-refractivity contribution is 7.91. The topological polar surface area (TPSA) is 108 Å². The first-order valence-corrected chi connectivity index (χ1v) is 11.4. The average Bonchev–Trinajstić information content (AvgIpc) is 3.25. The molecule has 0 bridgehead atoms. The fraction of sp³-hybridized carbons (Fsp3) is 0.364. The minimum absolute atomic E-state index is 0.0648. The van der Waals surface area contributed by atoms with Gasteiger partial charge in [0.2, 0.25) is 5.91 Å². The number of hydrogen-bond donors (Lipinski definition) is 1. The maximum absolute atomic E-state index is 12.7. The molecular formula is C22H25NO7S. The summed E-state index contributed by atoms with van der Waals surface area (Å²) in [6.07, 6.45) is 2.59. The Morgan fingerprint density at radius 3 is 2.32 bits per heavy atom. The molecule has 0 aliphatic heterocycles. The first kappa shape index (κ1) is 22.6. The molecule has 2 aromatic carbocycles. The molecule has 0 aromatic heterocycles. The Bertz CT molecular complexity index is 1110. The van der Waals surface area contributed by atoms with E-state index in [4.69, 9.17) is 14.2 Å². The molecule has 166 valence electrons. The van der Waals surface area contributed by atoms with E-state index < -0.39 is 21.7 Å². The van der Waals surface area contributed by atoms with Crippen LogP contribution in [0.15, 0.2) is 35.2 Å². The minimum atomic E-state index is -3.62. The van der Waals surface area contributed by atoms with Crippen molar-refractivity contribution in [2.75, 3.05) is 32.4 Å². The third kappa shape index (κ3) is 4.99. The third-order valence-corrected chi connectivity index (χ3v) is 6.94. The molecular weight excluding hydrogens is 422 g/mol. The lowest BCUT2D eigenvalue weighted by molar-refractivity contribution is -0.115. The van der Waals surface area contributed by atoms with Gasteiger partial charge >= 0.3 is 5.97 Å². The zero-order valence-electron chi connectivity index (χ0n) is 17.7. The lowest BCUT2D eigenvalue weighted by Crippen LogP contribution is -2.19. The van der Waals surface area contributed by atoms with Crippen LogP contribution in [0, 0.1) is 0 Å². The van der Waals surface area contributed by atoms with E-state index in [9.17, 15) is 18.0 Å². The van der Waals surface area contributed by atoms with Crippen LogP contribution in [0.3, 0.4) is 0 Å². The summed E-state index contributed by atoms with van der Waals surface area (Å²) in [7, 11) is 0.434. The summed E-state index contributed by atoms with van der Waals surface area (Å²) >= 11 is 0. The van der Waals surface area contributed by atoms with E-state index in [2.05, 4.69) is 5.32 Å². The molecule has 1 amide bonds. The quantitative estimate of drug-likeness (QED) is 0.620. The van der Waals surface area contributed by atoms with Gasteiger partial charge in [-0.15, -0.1) is 0 Å². The summed E-state index contributed by atoms with van der Waals surface area (Å²) in [5.41, 5.74) is 2.44. The Balaban J connectivity index is 1.75. The molecule has 1 N–H and O–H groups in total. The molecule has 0 fully saturated rings. The lowest BCUT2D eigenvalue weighted by atomic mass is 10.1. The van der Waals surface area contributed by atoms with Gasteiger partial charge in [0, 0.05) is 18.6 Å². The largest absolute Gasteiger partial charge is 0.493 e. The van der Waals surface area contributed by atoms with Gasteiger partial charge in [0.05, 0.1) is 43.2 Å². The van der Waals surface area contributed by atoms with Crippen molar-refractivity contribution < 1.29 is 32.2 Å². The average molecular weight is 448 g/mol. The maximum Gasteiger partial charge on any atom is 0.340 e. The highest BCUT2D eigenvalue weighted by atomic mass is 32.2. The molecule has 8 nitrogen and oxygen atoms in total. The summed E-state index contributed by atoms with van der Waals surface area (Å²) in [6, 6.07) is 7.97. The molecule has 1 aliphatic rings. The molecule has 31 heavy (non-hydrogen) atoms. The van der Waals surface area contributed by atoms with Crippen molar-refractivity contribution in [3.8, 4) is 11.5 Å². The zero-order valence-corrected chi connectivity index (χ0v) is 18.5. The van der Waals surface area contributed by atoms with Gasteiger partial charge in [-0.05, 0) is 42.5 Å². The highest BCUT2D eigenvalue weighted by Gasteiger charge is 2.22. The van der Waals surface area contributed by atoms with Crippen LogP contribution in [-0.2, 0) is 32.2 Å². The number of fused-ring (bicyclic) bond motifs is 1. The summed E-state index contributed by atoms with van der Waals surface area (Å²) in [4.78, 5) is 24.8. The van der Waals surface area contributed by atoms with E-state index in [1.54, 1.807) is 12.1 Å². The maximum atomic E-state index is 12.7. The number of methoxy groups -OCH3 is 3. The fourth-order valence-electron chi connectivity index (χ4n) is 3.56. The molecule has 1 aliphatic carbocycles. The Morgan fingerprint density at radius 2 is 1.65 bits per heavy atom. The van der Waals surface area contributed by atoms with E-state index in [1.807, 2.05) is 6.07 Å². The Hall–Kier alpha value is -3.07. The van der Waals surface area contributed by atoms with Crippen LogP contribution in [0.5, 0.6) is 11.5 Å². The van der Waals surface area contributed by atoms with Gasteiger partial charge < -0.3 is 19.5 Å². The first-order chi connectivity index (χ1) is 14.8. The number of carbonyl (C=O) groups excluding carboxylic acids is 2. The van der Waals surface area contributed by atoms with E-state index >= 15 is 0 Å². The van der Waals surface area contributed by atoms with E-state index in [-0.39, 0.29) is 28.3 Å². The molecule has 0 unspecified atom stereocenters. The van der Waals surface area contributed by atoms with Crippen molar-refractivity contribution in [3.05, 3.63) is 47.0 Å². The summed E-state index contributed by atoms with van der Waals surface area (Å²) in [6.45, 7) is 0. The number of benzene rings is 2. The second kappa shape index (κ2) is 9.38. The summed E-state index contributed by atoms with van der Waals surface area (Å²) in [5.74, 6) is -0.987. The SMILES string of the molecule is COC(=O)c1cc(OC)c(OC)cc1NC(=O)CCS(=O)(=O)c1ccc2c(c1)CCC2. The van der Waals surface area contributed by atoms with Crippen molar-refractivity contribution in [2.45, 2.75) is 30.6 Å². The number of ether oxygens (including phenoxy) is 3. The molecule has 3 rings (SSSR count). The summed E-state index contributed by atoms with van der Waals surface area (Å²) < 4.78 is 40.6. The summed E-state index contributed by atoms with van der Waals surface area (Å²) in [5, 5.41) is 2.58. The monoisotopic (exact) mass is 447 g/mol. The standard InChI is InChI=1S/C22H25NO7S/c1-28-19-12-17(22(25)30-3)18(13-20(19)29-2)23-21(24)9-10-31(26,27)16-8-7-14-5-4-6-15(14)11-16/h7-8,11-13H,4-6,9-10H2,1-3H3,(H,23,24). The highest BCUT2D eigenvalue weighted by Crippen LogP contribution is 2.34. The van der Waals surface area contributed by atoms with Crippen LogP contribution in [-0.4, -0.2) is 47.4 Å². The van der Waals surface area contributed by atoms with Crippen molar-refractivity contribution in [1.29, 1.82) is 0 Å². The number of amides is 1. The number of hydrogen-bond acceptors (Lipinski definition) is 7. The van der Waals surface area contributed by atoms with Crippen molar-refractivity contribution in [3.63, 3.8) is 0 Å². The molecule has 2 aromatic rings. The normalized spacial score (nSPS) is 12.7. The number of aryl methyl sites for hydroxylation is 2. The van der Waals surface area contributed by atoms with Crippen LogP contribution in [0.25, 0.3) is 0 Å². The van der Waals surface area contributed by atoms with Gasteiger partial charge in [-0.3, -0.25) is 4.79 Å². The number of nitrogens with one attached hydrogen (secondary N) is 1. The van der Waals surface area contributed by atoms with Gasteiger partial charge in [-0.2, -0.15) is 0 Å². The lowest BCUT2D eigenvalue weighted by Gasteiger charge is -2.14. The van der Waals surface area contributed by atoms with Gasteiger partial charge in [-0.1, -0.05) is 6.07 Å². The number of sulfone groups is 1. The van der Waals surface area contributed by atoms with Crippen molar-refractivity contribution in [2.24, 2.45) is 0 Å². The van der Waals surface area contributed by atoms with Crippen LogP contribution in [0.1, 0.15) is 34.3 Å². The molecule has 0 saturated heterocycles. The van der Waals surface area contributed by atoms with Crippen molar-refractivity contribution in [1.82, 2.24) is 0 Å². The van der Waals surface area contributed by atoms with E-state index in [1.165, 1.54) is 39.0 Å². The Labute approximate surface area is 181 Å². The number of esters is 1. The van der Waals surface area contributed by atoms with Gasteiger partial charge in [-0.25, -0.2) is 13.2 Å². The van der Waals surface area contributed by atoms with Crippen LogP contribution < -0.4 is 14.8 Å². The van der Waals surface area contributed by atoms with E-state index in [0.29, 0.717) is 11.5 Å². The van der Waals surface area contributed by atoms with Crippen molar-refractivity contribution >= 4 is 27.4 Å². The van der Waals surface area contributed by atoms with Crippen LogP contribution >= 0.6 is 0 Å². The predicted molar refractivity (Wildman–Crippen MR) is 115 cm³/mol. The van der Waals surface area contributed by atoms with Gasteiger partial charge in [0.1, 0.15) is 0 Å². The Morgan fingerprint density at radius 1 is 0.968 bits per heavy atom. The van der Waals surface area contributed by atoms with Crippen LogP contribution in [0.4, 0.5) is 5.69 Å². The zero-order chi connectivity index (χ0) is 22.6. The number of carbonyl (C=O) groups is 2. The van der Waals surface area contributed by atoms with Gasteiger partial charge in [0.15, 0.2) is 21.3 Å². The molecule has 0 saturated carbocycles. The molecule has 0 radical (unpaired) electrons. The number of rotatable bonds is 8. The smallest absolute Gasteiger partial charge is 0.340 e. The number of anilines is 1. The predicted octanol–water partition coefficient (Wildman–Crippen LogP) is 2.78. The van der Waals surface area contributed by atoms with Crippen LogP contribution in [0.2, 0.25) is 0 Å². The Kier molecular flexibility index (Phi) is 6.84. The molecule has 9 heteroatoms. The second-order valence-electron chi connectivity index (χ2n) is 7.15. The molecule has 0 spiro atoms. The first-order valence-electron chi connectivity index (χ1n) is 9.77. The minimum Gasteiger partial charge on any atom is -0.493 e. The van der Waals surface area contributed by atoms with Gasteiger partial charge in [0.25, 0.3) is 0 Å².